The number of alkyl halides is 3. The van der Waals surface area contributed by atoms with Gasteiger partial charge >= 0.3 is 6.18 Å². The van der Waals surface area contributed by atoms with Crippen molar-refractivity contribution in [3.8, 4) is 0 Å². The Kier molecular flexibility index (Phi) is 3.00. The van der Waals surface area contributed by atoms with Gasteiger partial charge in [0.05, 0.1) is 5.56 Å². The van der Waals surface area contributed by atoms with E-state index < -0.39 is 17.3 Å². The highest BCUT2D eigenvalue weighted by atomic mass is 19.4. The summed E-state index contributed by atoms with van der Waals surface area (Å²) in [7, 11) is 4.84. The zero-order valence-corrected chi connectivity index (χ0v) is 10.6. The number of hydrogen-bond donors (Lipinski definition) is 0. The van der Waals surface area contributed by atoms with Gasteiger partial charge in [-0.05, 0) is 12.1 Å². The van der Waals surface area contributed by atoms with Crippen LogP contribution in [0.1, 0.15) is 5.56 Å². The van der Waals surface area contributed by atoms with Gasteiger partial charge < -0.3 is 4.90 Å². The van der Waals surface area contributed by atoms with Crippen LogP contribution in [0.15, 0.2) is 23.0 Å². The van der Waals surface area contributed by atoms with E-state index in [1.165, 1.54) is 19.2 Å². The normalized spacial score (nSPS) is 11.9. The summed E-state index contributed by atoms with van der Waals surface area (Å²) in [4.78, 5) is 17.3. The molecule has 0 aromatic carbocycles. The Morgan fingerprint density at radius 3 is 2.42 bits per heavy atom. The smallest absolute Gasteiger partial charge is 0.363 e. The molecular formula is C12H12F3N3O. The SMILES string of the molecule is CN(C)c1ccc2c(C(F)(F)F)cc(=O)n(C)c2n1. The maximum Gasteiger partial charge on any atom is 0.417 e. The van der Waals surface area contributed by atoms with Crippen molar-refractivity contribution in [1.29, 1.82) is 0 Å². The fourth-order valence-corrected chi connectivity index (χ4v) is 1.79. The molecule has 0 aliphatic carbocycles. The van der Waals surface area contributed by atoms with Crippen LogP contribution in [0, 0.1) is 0 Å². The molecule has 19 heavy (non-hydrogen) atoms. The lowest BCUT2D eigenvalue weighted by Crippen LogP contribution is -2.22. The van der Waals surface area contributed by atoms with E-state index in [0.29, 0.717) is 11.9 Å². The second-order valence-corrected chi connectivity index (χ2v) is 4.39. The molecule has 7 heteroatoms. The third kappa shape index (κ3) is 2.27. The predicted molar refractivity (Wildman–Crippen MR) is 66.3 cm³/mol. The Hall–Kier alpha value is -2.05. The molecule has 0 amide bonds. The predicted octanol–water partition coefficient (Wildman–Crippen LogP) is 2.02. The molecule has 2 aromatic rings. The number of rotatable bonds is 1. The van der Waals surface area contributed by atoms with Crippen molar-refractivity contribution in [2.24, 2.45) is 7.05 Å². The molecule has 0 radical (unpaired) electrons. The molecule has 2 heterocycles. The number of fused-ring (bicyclic) bond motifs is 1. The zero-order valence-electron chi connectivity index (χ0n) is 10.6. The van der Waals surface area contributed by atoms with E-state index in [4.69, 9.17) is 0 Å². The van der Waals surface area contributed by atoms with Gasteiger partial charge in [-0.15, -0.1) is 0 Å². The Balaban J connectivity index is 2.89. The molecule has 0 saturated heterocycles. The average Bonchev–Trinajstić information content (AvgIpc) is 2.31. The van der Waals surface area contributed by atoms with Crippen molar-refractivity contribution in [2.45, 2.75) is 6.18 Å². The number of anilines is 1. The number of halogens is 3. The van der Waals surface area contributed by atoms with Crippen LogP contribution < -0.4 is 10.5 Å². The third-order valence-electron chi connectivity index (χ3n) is 2.83. The fourth-order valence-electron chi connectivity index (χ4n) is 1.79. The van der Waals surface area contributed by atoms with Crippen molar-refractivity contribution in [1.82, 2.24) is 9.55 Å². The van der Waals surface area contributed by atoms with E-state index in [1.54, 1.807) is 19.0 Å². The van der Waals surface area contributed by atoms with Crippen molar-refractivity contribution >= 4 is 16.9 Å². The van der Waals surface area contributed by atoms with Crippen LogP contribution >= 0.6 is 0 Å². The van der Waals surface area contributed by atoms with Gasteiger partial charge in [-0.2, -0.15) is 13.2 Å². The van der Waals surface area contributed by atoms with Crippen LogP contribution in [0.2, 0.25) is 0 Å². The number of nitrogens with zero attached hydrogens (tertiary/aromatic N) is 3. The van der Waals surface area contributed by atoms with Crippen LogP contribution in [-0.2, 0) is 13.2 Å². The zero-order chi connectivity index (χ0) is 14.4. The van der Waals surface area contributed by atoms with Crippen LogP contribution in [0.25, 0.3) is 11.0 Å². The van der Waals surface area contributed by atoms with Crippen LogP contribution in [0.5, 0.6) is 0 Å². The van der Waals surface area contributed by atoms with Crippen molar-refractivity contribution in [3.05, 3.63) is 34.1 Å². The summed E-state index contributed by atoms with van der Waals surface area (Å²) in [5, 5.41) is -0.0831. The molecule has 0 aliphatic rings. The van der Waals surface area contributed by atoms with E-state index in [0.717, 1.165) is 4.57 Å². The van der Waals surface area contributed by atoms with Crippen LogP contribution in [0.3, 0.4) is 0 Å². The third-order valence-corrected chi connectivity index (χ3v) is 2.83. The molecule has 0 aliphatic heterocycles. The lowest BCUT2D eigenvalue weighted by atomic mass is 10.1. The van der Waals surface area contributed by atoms with Gasteiger partial charge in [0, 0.05) is 32.6 Å². The van der Waals surface area contributed by atoms with Gasteiger partial charge in [-0.3, -0.25) is 9.36 Å². The lowest BCUT2D eigenvalue weighted by Gasteiger charge is -2.15. The summed E-state index contributed by atoms with van der Waals surface area (Å²) in [5.74, 6) is 0.488. The molecule has 0 atom stereocenters. The van der Waals surface area contributed by atoms with E-state index in [1.807, 2.05) is 0 Å². The molecule has 4 nitrogen and oxygen atoms in total. The number of aromatic nitrogens is 2. The number of aryl methyl sites for hydroxylation is 1. The second-order valence-electron chi connectivity index (χ2n) is 4.39. The first-order valence-electron chi connectivity index (χ1n) is 5.47. The van der Waals surface area contributed by atoms with Crippen LogP contribution in [-0.4, -0.2) is 23.6 Å². The quantitative estimate of drug-likeness (QED) is 0.796. The first kappa shape index (κ1) is 13.4. The van der Waals surface area contributed by atoms with Gasteiger partial charge in [0.2, 0.25) is 0 Å². The van der Waals surface area contributed by atoms with Crippen molar-refractivity contribution in [2.75, 3.05) is 19.0 Å². The maximum absolute atomic E-state index is 12.9. The summed E-state index contributed by atoms with van der Waals surface area (Å²) >= 11 is 0. The first-order valence-corrected chi connectivity index (χ1v) is 5.47. The Morgan fingerprint density at radius 1 is 1.26 bits per heavy atom. The van der Waals surface area contributed by atoms with E-state index in [-0.39, 0.29) is 11.0 Å². The summed E-state index contributed by atoms with van der Waals surface area (Å²) in [6, 6.07) is 3.42. The molecule has 2 rings (SSSR count). The highest BCUT2D eigenvalue weighted by molar-refractivity contribution is 5.81. The van der Waals surface area contributed by atoms with Crippen molar-refractivity contribution in [3.63, 3.8) is 0 Å². The standard InChI is InChI=1S/C12H12F3N3O/c1-17(2)9-5-4-7-8(12(13,14)15)6-10(19)18(3)11(7)16-9/h4-6H,1-3H3. The van der Waals surface area contributed by atoms with Gasteiger partial charge in [-0.1, -0.05) is 0 Å². The van der Waals surface area contributed by atoms with Gasteiger partial charge in [-0.25, -0.2) is 4.98 Å². The Morgan fingerprint density at radius 2 is 1.89 bits per heavy atom. The summed E-state index contributed by atoms with van der Waals surface area (Å²) in [6.45, 7) is 0. The van der Waals surface area contributed by atoms with E-state index >= 15 is 0 Å². The monoisotopic (exact) mass is 271 g/mol. The fraction of sp³-hybridized carbons (Fsp3) is 0.333. The summed E-state index contributed by atoms with van der Waals surface area (Å²) in [5.41, 5.74) is -1.67. The molecule has 0 unspecified atom stereocenters. The molecule has 0 spiro atoms. The molecule has 0 fully saturated rings. The molecule has 0 saturated carbocycles. The molecule has 0 N–H and O–H groups in total. The summed E-state index contributed by atoms with van der Waals surface area (Å²) in [6.07, 6.45) is -4.58. The van der Waals surface area contributed by atoms with E-state index in [2.05, 4.69) is 4.98 Å². The number of hydrogen-bond acceptors (Lipinski definition) is 3. The highest BCUT2D eigenvalue weighted by Gasteiger charge is 2.34. The Labute approximate surface area is 107 Å². The average molecular weight is 271 g/mol. The minimum Gasteiger partial charge on any atom is -0.363 e. The largest absolute Gasteiger partial charge is 0.417 e. The number of pyridine rings is 2. The van der Waals surface area contributed by atoms with Gasteiger partial charge in [0.15, 0.2) is 0 Å². The maximum atomic E-state index is 12.9. The first-order chi connectivity index (χ1) is 8.71. The minimum absolute atomic E-state index is 0.0195. The molecule has 2 aromatic heterocycles. The summed E-state index contributed by atoms with van der Waals surface area (Å²) < 4.78 is 39.8. The minimum atomic E-state index is -4.58. The van der Waals surface area contributed by atoms with E-state index in [9.17, 15) is 18.0 Å². The molecule has 102 valence electrons. The van der Waals surface area contributed by atoms with Crippen LogP contribution in [0.4, 0.5) is 19.0 Å². The lowest BCUT2D eigenvalue weighted by molar-refractivity contribution is -0.136. The molecular weight excluding hydrogens is 259 g/mol. The highest BCUT2D eigenvalue weighted by Crippen LogP contribution is 2.33. The Bertz CT molecular complexity index is 689. The second kappa shape index (κ2) is 4.25. The van der Waals surface area contributed by atoms with Crippen molar-refractivity contribution < 1.29 is 13.2 Å². The van der Waals surface area contributed by atoms with Gasteiger partial charge in [0.25, 0.3) is 5.56 Å². The van der Waals surface area contributed by atoms with Gasteiger partial charge in [0.1, 0.15) is 11.5 Å². The topological polar surface area (TPSA) is 38.1 Å². The molecule has 0 bridgehead atoms.